The highest BCUT2D eigenvalue weighted by molar-refractivity contribution is 5.76. The first-order chi connectivity index (χ1) is 10.5. The van der Waals surface area contributed by atoms with Gasteiger partial charge in [0.2, 0.25) is 0 Å². The lowest BCUT2D eigenvalue weighted by Crippen LogP contribution is -2.47. The molecule has 0 spiro atoms. The Morgan fingerprint density at radius 3 is 2.39 bits per heavy atom. The van der Waals surface area contributed by atoms with Crippen molar-refractivity contribution in [3.05, 3.63) is 0 Å². The minimum atomic E-state index is -0.368. The Hall–Kier alpha value is -0.530. The SMILES string of the molecule is CCC(C)(C)C(=O)OC1(C)CC2CC([C@H]3C(C)CCC31)C2(C)C. The summed E-state index contributed by atoms with van der Waals surface area (Å²) in [5.41, 5.74) is -0.203. The van der Waals surface area contributed by atoms with E-state index in [4.69, 9.17) is 4.74 Å². The van der Waals surface area contributed by atoms with Gasteiger partial charge in [-0.2, -0.15) is 0 Å². The first-order valence-corrected chi connectivity index (χ1v) is 9.76. The second-order valence-corrected chi connectivity index (χ2v) is 10.2. The van der Waals surface area contributed by atoms with Crippen LogP contribution in [0.3, 0.4) is 0 Å². The lowest BCUT2D eigenvalue weighted by Gasteiger charge is -2.54. The highest BCUT2D eigenvalue weighted by Crippen LogP contribution is 2.67. The minimum Gasteiger partial charge on any atom is -0.459 e. The van der Waals surface area contributed by atoms with Crippen molar-refractivity contribution in [2.75, 3.05) is 0 Å². The van der Waals surface area contributed by atoms with Crippen molar-refractivity contribution in [1.29, 1.82) is 0 Å². The van der Waals surface area contributed by atoms with E-state index in [1.165, 1.54) is 19.3 Å². The van der Waals surface area contributed by atoms with Crippen molar-refractivity contribution in [2.24, 2.45) is 40.4 Å². The summed E-state index contributed by atoms with van der Waals surface area (Å²) in [7, 11) is 0. The molecule has 2 heteroatoms. The molecule has 4 aliphatic rings. The van der Waals surface area contributed by atoms with E-state index in [0.717, 1.165) is 30.6 Å². The summed E-state index contributed by atoms with van der Waals surface area (Å²) in [4.78, 5) is 12.8. The molecule has 4 aliphatic carbocycles. The predicted octanol–water partition coefficient (Wildman–Crippen LogP) is 5.45. The molecular weight excluding hydrogens is 284 g/mol. The third-order valence-corrected chi connectivity index (χ3v) is 8.26. The van der Waals surface area contributed by atoms with Crippen LogP contribution in [0.25, 0.3) is 0 Å². The number of hydrogen-bond donors (Lipinski definition) is 0. The van der Waals surface area contributed by atoms with Crippen LogP contribution < -0.4 is 0 Å². The molecule has 23 heavy (non-hydrogen) atoms. The molecule has 132 valence electrons. The topological polar surface area (TPSA) is 26.3 Å². The molecule has 0 radical (unpaired) electrons. The summed E-state index contributed by atoms with van der Waals surface area (Å²) in [6.07, 6.45) is 5.79. The van der Waals surface area contributed by atoms with Crippen LogP contribution in [0.2, 0.25) is 0 Å². The number of rotatable bonds is 3. The van der Waals surface area contributed by atoms with Crippen LogP contribution in [0.15, 0.2) is 0 Å². The van der Waals surface area contributed by atoms with Crippen LogP contribution >= 0.6 is 0 Å². The van der Waals surface area contributed by atoms with Crippen molar-refractivity contribution >= 4 is 5.97 Å². The van der Waals surface area contributed by atoms with Crippen LogP contribution in [-0.2, 0) is 9.53 Å². The second kappa shape index (κ2) is 5.23. The van der Waals surface area contributed by atoms with Crippen molar-refractivity contribution < 1.29 is 9.53 Å². The van der Waals surface area contributed by atoms with Gasteiger partial charge in [-0.25, -0.2) is 0 Å². The molecule has 2 nitrogen and oxygen atoms in total. The first-order valence-electron chi connectivity index (χ1n) is 9.76. The maximum Gasteiger partial charge on any atom is 0.312 e. The fourth-order valence-electron chi connectivity index (χ4n) is 5.92. The van der Waals surface area contributed by atoms with E-state index >= 15 is 0 Å². The average Bonchev–Trinajstić information content (AvgIpc) is 2.75. The molecule has 0 aromatic carbocycles. The Kier molecular flexibility index (Phi) is 3.93. The summed E-state index contributed by atoms with van der Waals surface area (Å²) < 4.78 is 6.33. The first kappa shape index (κ1) is 17.3. The Balaban J connectivity index is 1.91. The highest BCUT2D eigenvalue weighted by atomic mass is 16.6. The van der Waals surface area contributed by atoms with Gasteiger partial charge in [0.25, 0.3) is 0 Å². The quantitative estimate of drug-likeness (QED) is 0.646. The van der Waals surface area contributed by atoms with E-state index in [1.807, 2.05) is 13.8 Å². The third-order valence-electron chi connectivity index (χ3n) is 8.26. The zero-order valence-electron chi connectivity index (χ0n) is 16.2. The molecule has 0 amide bonds. The molecule has 0 aromatic rings. The smallest absolute Gasteiger partial charge is 0.312 e. The van der Waals surface area contributed by atoms with Gasteiger partial charge >= 0.3 is 5.97 Å². The fourth-order valence-corrected chi connectivity index (χ4v) is 5.92. The van der Waals surface area contributed by atoms with Gasteiger partial charge in [0.1, 0.15) is 5.60 Å². The fraction of sp³-hybridized carbons (Fsp3) is 0.952. The van der Waals surface area contributed by atoms with E-state index in [-0.39, 0.29) is 17.0 Å². The number of fused-ring (bicyclic) bond motifs is 1. The highest BCUT2D eigenvalue weighted by Gasteiger charge is 2.64. The van der Waals surface area contributed by atoms with E-state index in [9.17, 15) is 4.79 Å². The summed E-state index contributed by atoms with van der Waals surface area (Å²) in [6.45, 7) is 15.7. The number of carbonyl (C=O) groups excluding carboxylic acids is 1. The van der Waals surface area contributed by atoms with Crippen LogP contribution in [0.1, 0.15) is 80.6 Å². The molecule has 0 heterocycles. The van der Waals surface area contributed by atoms with Crippen LogP contribution in [0, 0.1) is 40.4 Å². The molecule has 4 fully saturated rings. The number of hydrogen-bond acceptors (Lipinski definition) is 2. The van der Waals surface area contributed by atoms with Crippen LogP contribution in [-0.4, -0.2) is 11.6 Å². The van der Waals surface area contributed by atoms with E-state index in [0.29, 0.717) is 17.3 Å². The van der Waals surface area contributed by atoms with Crippen LogP contribution in [0.4, 0.5) is 0 Å². The van der Waals surface area contributed by atoms with Crippen molar-refractivity contribution in [2.45, 2.75) is 86.2 Å². The zero-order chi connectivity index (χ0) is 17.2. The van der Waals surface area contributed by atoms with Crippen molar-refractivity contribution in [1.82, 2.24) is 0 Å². The molecule has 0 aromatic heterocycles. The van der Waals surface area contributed by atoms with Gasteiger partial charge in [0.05, 0.1) is 5.41 Å². The molecule has 4 rings (SSSR count). The lowest BCUT2D eigenvalue weighted by atomic mass is 9.50. The second-order valence-electron chi connectivity index (χ2n) is 10.2. The summed E-state index contributed by atoms with van der Waals surface area (Å²) in [5.74, 6) is 3.64. The van der Waals surface area contributed by atoms with Crippen LogP contribution in [0.5, 0.6) is 0 Å². The maximum absolute atomic E-state index is 12.8. The summed E-state index contributed by atoms with van der Waals surface area (Å²) >= 11 is 0. The largest absolute Gasteiger partial charge is 0.459 e. The van der Waals surface area contributed by atoms with E-state index < -0.39 is 0 Å². The molecule has 6 atom stereocenters. The minimum absolute atomic E-state index is 0.0118. The van der Waals surface area contributed by atoms with E-state index in [1.54, 1.807) is 0 Å². The van der Waals surface area contributed by atoms with Gasteiger partial charge in [0.15, 0.2) is 0 Å². The van der Waals surface area contributed by atoms with Crippen molar-refractivity contribution in [3.8, 4) is 0 Å². The molecule has 0 N–H and O–H groups in total. The molecule has 0 aliphatic heterocycles. The average molecular weight is 321 g/mol. The third kappa shape index (κ3) is 2.46. The number of esters is 1. The molecule has 2 bridgehead atoms. The summed E-state index contributed by atoms with van der Waals surface area (Å²) in [6, 6.07) is 0. The van der Waals surface area contributed by atoms with Gasteiger partial charge in [-0.15, -0.1) is 0 Å². The number of carbonyl (C=O) groups is 1. The predicted molar refractivity (Wildman–Crippen MR) is 93.9 cm³/mol. The Labute approximate surface area is 142 Å². The van der Waals surface area contributed by atoms with Gasteiger partial charge in [-0.05, 0) is 75.5 Å². The molecule has 0 saturated heterocycles. The molecular formula is C21H36O2. The van der Waals surface area contributed by atoms with Crippen molar-refractivity contribution in [3.63, 3.8) is 0 Å². The molecule has 4 saturated carbocycles. The Morgan fingerprint density at radius 2 is 1.83 bits per heavy atom. The Bertz CT molecular complexity index is 492. The standard InChI is InChI=1S/C21H36O2/c1-8-19(3,4)18(22)23-21(7)12-14-11-16(20(14,5)6)17-13(2)9-10-15(17)21/h13-17H,8-12H2,1-7H3/t13?,14?,15?,16?,17-,21?/m0/s1. The van der Waals surface area contributed by atoms with Gasteiger partial charge in [-0.1, -0.05) is 34.1 Å². The van der Waals surface area contributed by atoms with Gasteiger partial charge < -0.3 is 4.74 Å². The normalized spacial score (nSPS) is 44.9. The maximum atomic E-state index is 12.8. The zero-order valence-corrected chi connectivity index (χ0v) is 16.2. The van der Waals surface area contributed by atoms with Gasteiger partial charge in [-0.3, -0.25) is 4.79 Å². The number of ether oxygens (including phenoxy) is 1. The molecule has 5 unspecified atom stereocenters. The van der Waals surface area contributed by atoms with E-state index in [2.05, 4.69) is 34.6 Å². The van der Waals surface area contributed by atoms with Gasteiger partial charge in [0, 0.05) is 5.92 Å². The Morgan fingerprint density at radius 1 is 1.17 bits per heavy atom. The summed E-state index contributed by atoms with van der Waals surface area (Å²) in [5, 5.41) is 0. The lowest BCUT2D eigenvalue weighted by molar-refractivity contribution is -0.178. The monoisotopic (exact) mass is 320 g/mol.